The van der Waals surface area contributed by atoms with E-state index >= 15 is 0 Å². The van der Waals surface area contributed by atoms with E-state index in [4.69, 9.17) is 0 Å². The SMILES string of the molecule is CCC(C)N1c2ccccc2NCCCS1(=O)=O. The predicted molar refractivity (Wildman–Crippen MR) is 75.6 cm³/mol. The molecular formula is C13H20N2O2S. The second-order valence-corrected chi connectivity index (χ2v) is 6.63. The van der Waals surface area contributed by atoms with Crippen LogP contribution in [0.3, 0.4) is 0 Å². The molecule has 1 aromatic carbocycles. The average Bonchev–Trinajstić information content (AvgIpc) is 2.34. The molecule has 1 aliphatic rings. The molecule has 1 unspecified atom stereocenters. The molecule has 2 rings (SSSR count). The highest BCUT2D eigenvalue weighted by molar-refractivity contribution is 7.92. The highest BCUT2D eigenvalue weighted by atomic mass is 32.2. The Morgan fingerprint density at radius 3 is 2.83 bits per heavy atom. The summed E-state index contributed by atoms with van der Waals surface area (Å²) in [7, 11) is -3.21. The fraction of sp³-hybridized carbons (Fsp3) is 0.538. The summed E-state index contributed by atoms with van der Waals surface area (Å²) in [5, 5.41) is 3.31. The maximum Gasteiger partial charge on any atom is 0.235 e. The highest BCUT2D eigenvalue weighted by Crippen LogP contribution is 2.32. The van der Waals surface area contributed by atoms with Crippen molar-refractivity contribution in [2.24, 2.45) is 0 Å². The molecule has 0 spiro atoms. The molecule has 1 heterocycles. The number of nitrogens with one attached hydrogen (secondary N) is 1. The van der Waals surface area contributed by atoms with Crippen LogP contribution in [0.2, 0.25) is 0 Å². The zero-order chi connectivity index (χ0) is 13.2. The van der Waals surface area contributed by atoms with Gasteiger partial charge in [-0.05, 0) is 31.9 Å². The molecule has 1 aromatic rings. The lowest BCUT2D eigenvalue weighted by atomic mass is 10.2. The average molecular weight is 268 g/mol. The number of benzene rings is 1. The van der Waals surface area contributed by atoms with Crippen LogP contribution in [0.1, 0.15) is 26.7 Å². The van der Waals surface area contributed by atoms with E-state index in [0.29, 0.717) is 13.0 Å². The summed E-state index contributed by atoms with van der Waals surface area (Å²) >= 11 is 0. The number of fused-ring (bicyclic) bond motifs is 1. The third-order valence-corrected chi connectivity index (χ3v) is 5.29. The van der Waals surface area contributed by atoms with Crippen molar-refractivity contribution in [1.29, 1.82) is 0 Å². The summed E-state index contributed by atoms with van der Waals surface area (Å²) < 4.78 is 26.4. The Morgan fingerprint density at radius 2 is 2.11 bits per heavy atom. The maximum absolute atomic E-state index is 12.4. The van der Waals surface area contributed by atoms with E-state index in [9.17, 15) is 8.42 Å². The number of nitrogens with zero attached hydrogens (tertiary/aromatic N) is 1. The van der Waals surface area contributed by atoms with Gasteiger partial charge in [0.2, 0.25) is 10.0 Å². The van der Waals surface area contributed by atoms with Gasteiger partial charge < -0.3 is 5.32 Å². The van der Waals surface area contributed by atoms with E-state index in [1.54, 1.807) is 4.31 Å². The highest BCUT2D eigenvalue weighted by Gasteiger charge is 2.29. The van der Waals surface area contributed by atoms with E-state index in [2.05, 4.69) is 5.32 Å². The van der Waals surface area contributed by atoms with Gasteiger partial charge in [-0.25, -0.2) is 8.42 Å². The van der Waals surface area contributed by atoms with E-state index in [1.165, 1.54) is 0 Å². The normalized spacial score (nSPS) is 20.2. The van der Waals surface area contributed by atoms with E-state index in [1.807, 2.05) is 38.1 Å². The molecule has 0 saturated heterocycles. The first-order chi connectivity index (χ1) is 8.56. The van der Waals surface area contributed by atoms with Gasteiger partial charge in [0, 0.05) is 12.6 Å². The summed E-state index contributed by atoms with van der Waals surface area (Å²) in [4.78, 5) is 0. The number of sulfonamides is 1. The van der Waals surface area contributed by atoms with Crippen molar-refractivity contribution in [2.45, 2.75) is 32.7 Å². The van der Waals surface area contributed by atoms with Gasteiger partial charge in [-0.1, -0.05) is 19.1 Å². The van der Waals surface area contributed by atoms with Crippen molar-refractivity contribution in [1.82, 2.24) is 0 Å². The second-order valence-electron chi connectivity index (χ2n) is 4.67. The molecule has 1 atom stereocenters. The number of hydrogen-bond donors (Lipinski definition) is 1. The van der Waals surface area contributed by atoms with E-state index in [0.717, 1.165) is 17.8 Å². The molecule has 0 amide bonds. The maximum atomic E-state index is 12.4. The van der Waals surface area contributed by atoms with Gasteiger partial charge in [-0.3, -0.25) is 4.31 Å². The fourth-order valence-corrected chi connectivity index (χ4v) is 4.08. The molecule has 0 radical (unpaired) electrons. The topological polar surface area (TPSA) is 49.4 Å². The third-order valence-electron chi connectivity index (χ3n) is 3.33. The third kappa shape index (κ3) is 2.46. The lowest BCUT2D eigenvalue weighted by Gasteiger charge is -2.33. The summed E-state index contributed by atoms with van der Waals surface area (Å²) in [6, 6.07) is 7.60. The standard InChI is InChI=1S/C13H20N2O2S/c1-3-11(2)15-13-8-5-4-7-12(13)14-9-6-10-18(15,16)17/h4-5,7-8,11,14H,3,6,9-10H2,1-2H3. The Kier molecular flexibility index (Phi) is 3.80. The van der Waals surface area contributed by atoms with Gasteiger partial charge in [-0.2, -0.15) is 0 Å². The van der Waals surface area contributed by atoms with Crippen molar-refractivity contribution in [2.75, 3.05) is 21.9 Å². The zero-order valence-electron chi connectivity index (χ0n) is 10.9. The van der Waals surface area contributed by atoms with Crippen molar-refractivity contribution >= 4 is 21.4 Å². The number of anilines is 2. The first kappa shape index (κ1) is 13.2. The van der Waals surface area contributed by atoms with Crippen LogP contribution in [0, 0.1) is 0 Å². The summed E-state index contributed by atoms with van der Waals surface area (Å²) in [6.45, 7) is 4.66. The van der Waals surface area contributed by atoms with Gasteiger partial charge in [-0.15, -0.1) is 0 Å². The molecule has 1 aliphatic heterocycles. The Labute approximate surface area is 109 Å². The van der Waals surface area contributed by atoms with Gasteiger partial charge in [0.05, 0.1) is 17.1 Å². The van der Waals surface area contributed by atoms with Crippen LogP contribution in [-0.2, 0) is 10.0 Å². The number of para-hydroxylation sites is 2. The molecule has 100 valence electrons. The van der Waals surface area contributed by atoms with Gasteiger partial charge >= 0.3 is 0 Å². The van der Waals surface area contributed by atoms with Crippen molar-refractivity contribution in [3.05, 3.63) is 24.3 Å². The quantitative estimate of drug-likeness (QED) is 0.896. The van der Waals surface area contributed by atoms with Crippen LogP contribution in [-0.4, -0.2) is 26.8 Å². The van der Waals surface area contributed by atoms with Crippen molar-refractivity contribution in [3.8, 4) is 0 Å². The molecule has 0 bridgehead atoms. The number of hydrogen-bond acceptors (Lipinski definition) is 3. The molecule has 5 heteroatoms. The van der Waals surface area contributed by atoms with Crippen molar-refractivity contribution in [3.63, 3.8) is 0 Å². The summed E-state index contributed by atoms with van der Waals surface area (Å²) in [5.41, 5.74) is 1.67. The molecule has 0 fully saturated rings. The van der Waals surface area contributed by atoms with Gasteiger partial charge in [0.25, 0.3) is 0 Å². The van der Waals surface area contributed by atoms with Crippen LogP contribution in [0.25, 0.3) is 0 Å². The lowest BCUT2D eigenvalue weighted by Crippen LogP contribution is -2.41. The molecule has 0 aromatic heterocycles. The van der Waals surface area contributed by atoms with Gasteiger partial charge in [0.1, 0.15) is 0 Å². The Bertz CT molecular complexity index is 513. The minimum absolute atomic E-state index is 0.0175. The first-order valence-corrected chi connectivity index (χ1v) is 8.02. The fourth-order valence-electron chi connectivity index (χ4n) is 2.22. The second kappa shape index (κ2) is 5.18. The van der Waals surface area contributed by atoms with E-state index in [-0.39, 0.29) is 11.8 Å². The van der Waals surface area contributed by atoms with Crippen LogP contribution < -0.4 is 9.62 Å². The van der Waals surface area contributed by atoms with Crippen LogP contribution in [0.4, 0.5) is 11.4 Å². The Hall–Kier alpha value is -1.23. The van der Waals surface area contributed by atoms with Crippen molar-refractivity contribution < 1.29 is 8.42 Å². The predicted octanol–water partition coefficient (Wildman–Crippen LogP) is 2.44. The molecular weight excluding hydrogens is 248 g/mol. The summed E-state index contributed by atoms with van der Waals surface area (Å²) in [6.07, 6.45) is 1.44. The number of rotatable bonds is 2. The zero-order valence-corrected chi connectivity index (χ0v) is 11.7. The largest absolute Gasteiger partial charge is 0.383 e. The minimum Gasteiger partial charge on any atom is -0.383 e. The van der Waals surface area contributed by atoms with Crippen LogP contribution in [0.15, 0.2) is 24.3 Å². The molecule has 0 aliphatic carbocycles. The van der Waals surface area contributed by atoms with E-state index < -0.39 is 10.0 Å². The monoisotopic (exact) mass is 268 g/mol. The smallest absolute Gasteiger partial charge is 0.235 e. The molecule has 4 nitrogen and oxygen atoms in total. The van der Waals surface area contributed by atoms with Crippen LogP contribution >= 0.6 is 0 Å². The molecule has 0 saturated carbocycles. The first-order valence-electron chi connectivity index (χ1n) is 6.41. The van der Waals surface area contributed by atoms with Gasteiger partial charge in [0.15, 0.2) is 0 Å². The summed E-state index contributed by atoms with van der Waals surface area (Å²) in [5.74, 6) is 0.207. The Morgan fingerprint density at radius 1 is 1.39 bits per heavy atom. The minimum atomic E-state index is -3.21. The molecule has 18 heavy (non-hydrogen) atoms. The lowest BCUT2D eigenvalue weighted by molar-refractivity contribution is 0.574. The van der Waals surface area contributed by atoms with Crippen LogP contribution in [0.5, 0.6) is 0 Å². The molecule has 1 N–H and O–H groups in total. The Balaban J connectivity index is 2.55.